The molecule has 1 aromatic rings. The Morgan fingerprint density at radius 3 is 2.50 bits per heavy atom. The lowest BCUT2D eigenvalue weighted by molar-refractivity contribution is -0.142. The maximum atomic E-state index is 12.0. The van der Waals surface area contributed by atoms with Crippen molar-refractivity contribution < 1.29 is 23.9 Å². The summed E-state index contributed by atoms with van der Waals surface area (Å²) in [6.07, 6.45) is 1.66. The number of carbonyl (C=O) groups excluding carboxylic acids is 3. The summed E-state index contributed by atoms with van der Waals surface area (Å²) < 4.78 is 9.70. The number of benzene rings is 1. The highest BCUT2D eigenvalue weighted by atomic mass is 32.2. The molecule has 0 atom stereocenters. The Morgan fingerprint density at radius 1 is 1.27 bits per heavy atom. The lowest BCUT2D eigenvalue weighted by Gasteiger charge is -2.07. The first-order valence-electron chi connectivity index (χ1n) is 6.60. The number of rotatable bonds is 5. The first-order chi connectivity index (χ1) is 10.5. The number of likely N-dealkylation sites (N-methyl/N-ethyl adjacent to an activating group) is 1. The Morgan fingerprint density at radius 2 is 1.95 bits per heavy atom. The van der Waals surface area contributed by atoms with Crippen LogP contribution in [-0.2, 0) is 14.3 Å². The van der Waals surface area contributed by atoms with E-state index in [4.69, 9.17) is 4.74 Å². The molecule has 6 nitrogen and oxygen atoms in total. The monoisotopic (exact) mass is 321 g/mol. The minimum Gasteiger partial charge on any atom is -0.482 e. The third-order valence-corrected chi connectivity index (χ3v) is 3.86. The van der Waals surface area contributed by atoms with E-state index in [0.717, 1.165) is 17.3 Å². The zero-order valence-electron chi connectivity index (χ0n) is 12.2. The number of methoxy groups -OCH3 is 1. The van der Waals surface area contributed by atoms with Gasteiger partial charge in [0.05, 0.1) is 12.0 Å². The van der Waals surface area contributed by atoms with Gasteiger partial charge in [0.1, 0.15) is 5.75 Å². The third-order valence-electron chi connectivity index (χ3n) is 2.95. The number of thioether (sulfide) groups is 1. The van der Waals surface area contributed by atoms with Crippen LogP contribution in [0.2, 0.25) is 0 Å². The van der Waals surface area contributed by atoms with Crippen LogP contribution >= 0.6 is 11.8 Å². The van der Waals surface area contributed by atoms with Gasteiger partial charge in [-0.1, -0.05) is 12.1 Å². The van der Waals surface area contributed by atoms with Crippen molar-refractivity contribution in [2.45, 2.75) is 6.92 Å². The molecule has 1 aromatic carbocycles. The highest BCUT2D eigenvalue weighted by molar-refractivity contribution is 8.18. The molecule has 7 heteroatoms. The summed E-state index contributed by atoms with van der Waals surface area (Å²) in [5.74, 6) is -0.218. The normalized spacial score (nSPS) is 16.3. The molecule has 0 aliphatic carbocycles. The predicted octanol–water partition coefficient (Wildman–Crippen LogP) is 2.29. The molecular formula is C15H15NO5S. The fourth-order valence-corrected chi connectivity index (χ4v) is 2.69. The van der Waals surface area contributed by atoms with E-state index in [0.29, 0.717) is 17.2 Å². The highest BCUT2D eigenvalue weighted by Gasteiger charge is 2.33. The molecule has 0 bridgehead atoms. The van der Waals surface area contributed by atoms with Crippen LogP contribution in [0.4, 0.5) is 4.79 Å². The standard InChI is InChI=1S/C15H15NO5S/c1-3-16-14(18)12(22-15(16)19)8-10-4-6-11(7-5-10)21-9-13(17)20-2/h4-8H,3,9H2,1-2H3. The van der Waals surface area contributed by atoms with Gasteiger partial charge in [0, 0.05) is 6.54 Å². The molecule has 116 valence electrons. The summed E-state index contributed by atoms with van der Waals surface area (Å²) in [7, 11) is 1.29. The summed E-state index contributed by atoms with van der Waals surface area (Å²) in [6.45, 7) is 1.96. The Bertz CT molecular complexity index is 623. The van der Waals surface area contributed by atoms with Gasteiger partial charge in [-0.2, -0.15) is 0 Å². The molecular weight excluding hydrogens is 306 g/mol. The van der Waals surface area contributed by atoms with E-state index in [2.05, 4.69) is 4.74 Å². The SMILES string of the molecule is CCN1C(=O)SC(=Cc2ccc(OCC(=O)OC)cc2)C1=O. The molecule has 0 spiro atoms. The molecule has 0 radical (unpaired) electrons. The van der Waals surface area contributed by atoms with E-state index >= 15 is 0 Å². The molecule has 1 fully saturated rings. The largest absolute Gasteiger partial charge is 0.482 e. The van der Waals surface area contributed by atoms with Gasteiger partial charge in [-0.25, -0.2) is 4.79 Å². The van der Waals surface area contributed by atoms with Crippen LogP contribution in [0.25, 0.3) is 6.08 Å². The van der Waals surface area contributed by atoms with Crippen molar-refractivity contribution in [3.63, 3.8) is 0 Å². The second-order valence-electron chi connectivity index (χ2n) is 4.36. The Hall–Kier alpha value is -2.28. The van der Waals surface area contributed by atoms with E-state index in [1.807, 2.05) is 0 Å². The van der Waals surface area contributed by atoms with Gasteiger partial charge in [-0.3, -0.25) is 14.5 Å². The number of nitrogens with zero attached hydrogens (tertiary/aromatic N) is 1. The topological polar surface area (TPSA) is 72.9 Å². The Labute approximate surface area is 132 Å². The molecule has 2 rings (SSSR count). The second kappa shape index (κ2) is 7.13. The number of carbonyl (C=O) groups is 3. The van der Waals surface area contributed by atoms with Gasteiger partial charge in [-0.15, -0.1) is 0 Å². The maximum Gasteiger partial charge on any atom is 0.343 e. The molecule has 2 amide bonds. The minimum atomic E-state index is -0.461. The van der Waals surface area contributed by atoms with Gasteiger partial charge >= 0.3 is 5.97 Å². The molecule has 1 aliphatic heterocycles. The molecule has 0 aromatic heterocycles. The summed E-state index contributed by atoms with van der Waals surface area (Å²) in [6, 6.07) is 6.84. The van der Waals surface area contributed by atoms with Crippen LogP contribution in [0.15, 0.2) is 29.2 Å². The fourth-order valence-electron chi connectivity index (χ4n) is 1.79. The van der Waals surface area contributed by atoms with Crippen LogP contribution in [0.5, 0.6) is 5.75 Å². The molecule has 1 aliphatic rings. The molecule has 0 N–H and O–H groups in total. The zero-order chi connectivity index (χ0) is 16.1. The average molecular weight is 321 g/mol. The van der Waals surface area contributed by atoms with Crippen molar-refractivity contribution in [2.75, 3.05) is 20.3 Å². The van der Waals surface area contributed by atoms with E-state index in [9.17, 15) is 14.4 Å². The van der Waals surface area contributed by atoms with E-state index in [1.54, 1.807) is 37.3 Å². The smallest absolute Gasteiger partial charge is 0.343 e. The van der Waals surface area contributed by atoms with Crippen LogP contribution in [0, 0.1) is 0 Å². The number of amides is 2. The third kappa shape index (κ3) is 3.67. The van der Waals surface area contributed by atoms with Gasteiger partial charge in [0.25, 0.3) is 11.1 Å². The van der Waals surface area contributed by atoms with Gasteiger partial charge in [-0.05, 0) is 42.5 Å². The number of hydrogen-bond donors (Lipinski definition) is 0. The quantitative estimate of drug-likeness (QED) is 0.612. The van der Waals surface area contributed by atoms with Crippen molar-refractivity contribution in [3.8, 4) is 5.75 Å². The average Bonchev–Trinajstić information content (AvgIpc) is 2.79. The fraction of sp³-hybridized carbons (Fsp3) is 0.267. The highest BCUT2D eigenvalue weighted by Crippen LogP contribution is 2.32. The first kappa shape index (κ1) is 16.1. The van der Waals surface area contributed by atoms with Crippen molar-refractivity contribution >= 4 is 35.0 Å². The number of hydrogen-bond acceptors (Lipinski definition) is 6. The van der Waals surface area contributed by atoms with Gasteiger partial charge < -0.3 is 9.47 Å². The number of esters is 1. The Kier molecular flexibility index (Phi) is 5.21. The second-order valence-corrected chi connectivity index (χ2v) is 5.35. The number of ether oxygens (including phenoxy) is 2. The van der Waals surface area contributed by atoms with E-state index < -0.39 is 5.97 Å². The molecule has 1 saturated heterocycles. The lowest BCUT2D eigenvalue weighted by Crippen LogP contribution is -2.27. The van der Waals surface area contributed by atoms with Crippen LogP contribution in [0.3, 0.4) is 0 Å². The van der Waals surface area contributed by atoms with Gasteiger partial charge in [0.2, 0.25) is 0 Å². The van der Waals surface area contributed by atoms with E-state index in [-0.39, 0.29) is 17.8 Å². The summed E-state index contributed by atoms with van der Waals surface area (Å²) in [5, 5.41) is -0.253. The lowest BCUT2D eigenvalue weighted by atomic mass is 10.2. The van der Waals surface area contributed by atoms with Gasteiger partial charge in [0.15, 0.2) is 6.61 Å². The maximum absolute atomic E-state index is 12.0. The van der Waals surface area contributed by atoms with Crippen molar-refractivity contribution in [2.24, 2.45) is 0 Å². The summed E-state index contributed by atoms with van der Waals surface area (Å²) in [4.78, 5) is 36.2. The minimum absolute atomic E-state index is 0.161. The molecule has 1 heterocycles. The van der Waals surface area contributed by atoms with Crippen molar-refractivity contribution in [1.82, 2.24) is 4.90 Å². The molecule has 0 saturated carbocycles. The van der Waals surface area contributed by atoms with Crippen molar-refractivity contribution in [3.05, 3.63) is 34.7 Å². The summed E-state index contributed by atoms with van der Waals surface area (Å²) in [5.41, 5.74) is 0.770. The molecule has 0 unspecified atom stereocenters. The summed E-state index contributed by atoms with van der Waals surface area (Å²) >= 11 is 0.929. The van der Waals surface area contributed by atoms with Crippen LogP contribution in [-0.4, -0.2) is 42.3 Å². The van der Waals surface area contributed by atoms with Crippen LogP contribution in [0.1, 0.15) is 12.5 Å². The van der Waals surface area contributed by atoms with Crippen LogP contribution < -0.4 is 4.74 Å². The first-order valence-corrected chi connectivity index (χ1v) is 7.42. The predicted molar refractivity (Wildman–Crippen MR) is 82.3 cm³/mol. The zero-order valence-corrected chi connectivity index (χ0v) is 13.0. The number of imide groups is 1. The van der Waals surface area contributed by atoms with Crippen molar-refractivity contribution in [1.29, 1.82) is 0 Å². The Balaban J connectivity index is 2.05. The molecule has 22 heavy (non-hydrogen) atoms. The van der Waals surface area contributed by atoms with E-state index in [1.165, 1.54) is 12.0 Å².